The van der Waals surface area contributed by atoms with E-state index in [1.54, 1.807) is 17.9 Å². The molecule has 2 aromatic rings. The summed E-state index contributed by atoms with van der Waals surface area (Å²) in [4.78, 5) is 22.2. The number of rotatable bonds is 4. The number of nitro benzene ring substituents is 1. The van der Waals surface area contributed by atoms with Crippen molar-refractivity contribution >= 4 is 28.9 Å². The summed E-state index contributed by atoms with van der Waals surface area (Å²) in [5.41, 5.74) is 1.39. The lowest BCUT2D eigenvalue weighted by Crippen LogP contribution is -2.12. The van der Waals surface area contributed by atoms with Crippen LogP contribution in [-0.2, 0) is 13.5 Å². The van der Waals surface area contributed by atoms with Gasteiger partial charge >= 0.3 is 0 Å². The Balaban J connectivity index is 2.24. The maximum absolute atomic E-state index is 12.1. The van der Waals surface area contributed by atoms with Gasteiger partial charge in [-0.2, -0.15) is 5.10 Å². The highest BCUT2D eigenvalue weighted by Gasteiger charge is 2.16. The molecule has 1 aromatic carbocycles. The van der Waals surface area contributed by atoms with Crippen LogP contribution in [-0.4, -0.2) is 20.6 Å². The van der Waals surface area contributed by atoms with E-state index in [1.165, 1.54) is 18.2 Å². The van der Waals surface area contributed by atoms with E-state index in [2.05, 4.69) is 10.4 Å². The van der Waals surface area contributed by atoms with Crippen LogP contribution in [0.25, 0.3) is 0 Å². The van der Waals surface area contributed by atoms with Gasteiger partial charge in [-0.25, -0.2) is 0 Å². The van der Waals surface area contributed by atoms with Gasteiger partial charge in [-0.05, 0) is 18.6 Å². The van der Waals surface area contributed by atoms with Crippen LogP contribution in [0.3, 0.4) is 0 Å². The third-order valence-electron chi connectivity index (χ3n) is 2.89. The topological polar surface area (TPSA) is 90.1 Å². The smallest absolute Gasteiger partial charge is 0.287 e. The summed E-state index contributed by atoms with van der Waals surface area (Å²) >= 11 is 5.80. The van der Waals surface area contributed by atoms with Gasteiger partial charge in [0, 0.05) is 24.9 Å². The van der Waals surface area contributed by atoms with Crippen molar-refractivity contribution in [3.05, 3.63) is 50.8 Å². The summed E-state index contributed by atoms with van der Waals surface area (Å²) in [6.45, 7) is 1.93. The van der Waals surface area contributed by atoms with E-state index >= 15 is 0 Å². The zero-order chi connectivity index (χ0) is 15.6. The molecule has 21 heavy (non-hydrogen) atoms. The van der Waals surface area contributed by atoms with Gasteiger partial charge in [0.2, 0.25) is 0 Å². The van der Waals surface area contributed by atoms with Crippen molar-refractivity contribution in [2.75, 3.05) is 5.32 Å². The molecule has 7 nitrogen and oxygen atoms in total. The number of nitrogens with zero attached hydrogens (tertiary/aromatic N) is 3. The van der Waals surface area contributed by atoms with Crippen molar-refractivity contribution < 1.29 is 9.72 Å². The van der Waals surface area contributed by atoms with E-state index in [9.17, 15) is 14.9 Å². The third-order valence-corrected chi connectivity index (χ3v) is 3.20. The molecule has 0 unspecified atom stereocenters. The van der Waals surface area contributed by atoms with Gasteiger partial charge in [-0.3, -0.25) is 19.6 Å². The predicted molar refractivity (Wildman–Crippen MR) is 78.6 cm³/mol. The first kappa shape index (κ1) is 15.0. The minimum Gasteiger partial charge on any atom is -0.319 e. The number of hydrogen-bond donors (Lipinski definition) is 1. The molecule has 1 amide bonds. The third kappa shape index (κ3) is 3.19. The fraction of sp³-hybridized carbons (Fsp3) is 0.231. The SMILES string of the molecule is CCc1nn(C)cc1NC(=O)c1ccc([N+](=O)[O-])c(Cl)c1. The van der Waals surface area contributed by atoms with Crippen LogP contribution in [0.1, 0.15) is 23.0 Å². The van der Waals surface area contributed by atoms with Crippen molar-refractivity contribution in [2.45, 2.75) is 13.3 Å². The van der Waals surface area contributed by atoms with Crippen molar-refractivity contribution in [3.63, 3.8) is 0 Å². The van der Waals surface area contributed by atoms with Crippen molar-refractivity contribution in [3.8, 4) is 0 Å². The normalized spacial score (nSPS) is 10.4. The van der Waals surface area contributed by atoms with Gasteiger partial charge in [-0.15, -0.1) is 0 Å². The van der Waals surface area contributed by atoms with Gasteiger partial charge in [-0.1, -0.05) is 18.5 Å². The number of halogens is 1. The molecule has 110 valence electrons. The van der Waals surface area contributed by atoms with Gasteiger partial charge in [0.1, 0.15) is 5.02 Å². The molecule has 8 heteroatoms. The highest BCUT2D eigenvalue weighted by Crippen LogP contribution is 2.25. The first-order valence-corrected chi connectivity index (χ1v) is 6.58. The molecule has 0 aliphatic carbocycles. The fourth-order valence-electron chi connectivity index (χ4n) is 1.89. The Hall–Kier alpha value is -2.41. The molecule has 0 saturated carbocycles. The molecular weight excluding hydrogens is 296 g/mol. The first-order chi connectivity index (χ1) is 9.92. The number of carbonyl (C=O) groups excluding carboxylic acids is 1. The zero-order valence-corrected chi connectivity index (χ0v) is 12.2. The lowest BCUT2D eigenvalue weighted by atomic mass is 10.2. The van der Waals surface area contributed by atoms with Crippen LogP contribution in [0.4, 0.5) is 11.4 Å². The largest absolute Gasteiger partial charge is 0.319 e. The lowest BCUT2D eigenvalue weighted by molar-refractivity contribution is -0.384. The number of amides is 1. The van der Waals surface area contributed by atoms with Gasteiger partial charge in [0.25, 0.3) is 11.6 Å². The Morgan fingerprint density at radius 3 is 2.81 bits per heavy atom. The van der Waals surface area contributed by atoms with Crippen LogP contribution in [0.15, 0.2) is 24.4 Å². The summed E-state index contributed by atoms with van der Waals surface area (Å²) in [5.74, 6) is -0.394. The number of hydrogen-bond acceptors (Lipinski definition) is 4. The van der Waals surface area contributed by atoms with Crippen molar-refractivity contribution in [1.29, 1.82) is 0 Å². The van der Waals surface area contributed by atoms with E-state index < -0.39 is 10.8 Å². The quantitative estimate of drug-likeness (QED) is 0.694. The van der Waals surface area contributed by atoms with E-state index in [4.69, 9.17) is 11.6 Å². The highest BCUT2D eigenvalue weighted by molar-refractivity contribution is 6.33. The molecule has 0 radical (unpaired) electrons. The van der Waals surface area contributed by atoms with Crippen LogP contribution in [0, 0.1) is 10.1 Å². The minimum atomic E-state index is -0.597. The van der Waals surface area contributed by atoms with Crippen molar-refractivity contribution in [2.24, 2.45) is 7.05 Å². The van der Waals surface area contributed by atoms with Crippen LogP contribution in [0.5, 0.6) is 0 Å². The Labute approximate surface area is 125 Å². The van der Waals surface area contributed by atoms with E-state index in [0.29, 0.717) is 12.1 Å². The number of aromatic nitrogens is 2. The highest BCUT2D eigenvalue weighted by atomic mass is 35.5. The monoisotopic (exact) mass is 308 g/mol. The standard InChI is InChI=1S/C13H13ClN4O3/c1-3-10-11(7-17(2)16-10)15-13(19)8-4-5-12(18(20)21)9(14)6-8/h4-7H,3H2,1-2H3,(H,15,19). The van der Waals surface area contributed by atoms with Gasteiger partial charge in [0.15, 0.2) is 0 Å². The molecule has 1 N–H and O–H groups in total. The number of benzene rings is 1. The maximum atomic E-state index is 12.1. The number of carbonyl (C=O) groups is 1. The second kappa shape index (κ2) is 5.92. The Bertz CT molecular complexity index is 711. The Morgan fingerprint density at radius 2 is 2.24 bits per heavy atom. The zero-order valence-electron chi connectivity index (χ0n) is 11.5. The maximum Gasteiger partial charge on any atom is 0.287 e. The summed E-state index contributed by atoms with van der Waals surface area (Å²) < 4.78 is 1.61. The summed E-state index contributed by atoms with van der Waals surface area (Å²) in [7, 11) is 1.76. The number of anilines is 1. The van der Waals surface area contributed by atoms with Crippen LogP contribution in [0.2, 0.25) is 5.02 Å². The van der Waals surface area contributed by atoms with Crippen LogP contribution >= 0.6 is 11.6 Å². The van der Waals surface area contributed by atoms with E-state index in [1.807, 2.05) is 6.92 Å². The summed E-state index contributed by atoms with van der Waals surface area (Å²) in [6.07, 6.45) is 2.38. The molecule has 2 rings (SSSR count). The van der Waals surface area contributed by atoms with E-state index in [-0.39, 0.29) is 16.3 Å². The summed E-state index contributed by atoms with van der Waals surface area (Å²) in [5, 5.41) is 17.6. The molecule has 0 bridgehead atoms. The second-order valence-corrected chi connectivity index (χ2v) is 4.80. The molecule has 0 spiro atoms. The molecular formula is C13H13ClN4O3. The number of nitro groups is 1. The Morgan fingerprint density at radius 1 is 1.52 bits per heavy atom. The molecule has 0 atom stereocenters. The van der Waals surface area contributed by atoms with Gasteiger partial charge < -0.3 is 5.32 Å². The van der Waals surface area contributed by atoms with Crippen LogP contribution < -0.4 is 5.32 Å². The minimum absolute atomic E-state index is 0.0745. The lowest BCUT2D eigenvalue weighted by Gasteiger charge is -2.05. The number of nitrogens with one attached hydrogen (secondary N) is 1. The molecule has 1 aromatic heterocycles. The van der Waals surface area contributed by atoms with Gasteiger partial charge in [0.05, 0.1) is 16.3 Å². The fourth-order valence-corrected chi connectivity index (χ4v) is 2.14. The molecule has 0 saturated heterocycles. The van der Waals surface area contributed by atoms with Crippen molar-refractivity contribution in [1.82, 2.24) is 9.78 Å². The molecule has 1 heterocycles. The number of aryl methyl sites for hydroxylation is 2. The molecule has 0 aliphatic rings. The molecule has 0 fully saturated rings. The average Bonchev–Trinajstić information content (AvgIpc) is 2.78. The summed E-state index contributed by atoms with van der Waals surface area (Å²) in [6, 6.07) is 3.85. The Kier molecular flexibility index (Phi) is 4.23. The van der Waals surface area contributed by atoms with E-state index in [0.717, 1.165) is 5.69 Å². The predicted octanol–water partition coefficient (Wildman–Crippen LogP) is 2.80. The molecule has 0 aliphatic heterocycles. The first-order valence-electron chi connectivity index (χ1n) is 6.20. The average molecular weight is 309 g/mol. The second-order valence-electron chi connectivity index (χ2n) is 4.39.